The molecule has 0 saturated carbocycles. The number of amides is 4. The Kier molecular flexibility index (Phi) is 19.3. The van der Waals surface area contributed by atoms with Crippen molar-refractivity contribution in [2.24, 2.45) is 5.73 Å². The number of unbranched alkanes of at least 4 members (excludes halogenated alkanes) is 5. The summed E-state index contributed by atoms with van der Waals surface area (Å²) in [6.07, 6.45) is 8.62. The van der Waals surface area contributed by atoms with Gasteiger partial charge in [-0.1, -0.05) is 123 Å². The number of nitrogens with one attached hydrogen (secondary N) is 4. The summed E-state index contributed by atoms with van der Waals surface area (Å²) in [6, 6.07) is 27.9. The lowest BCUT2D eigenvalue weighted by molar-refractivity contribution is -0.142. The van der Waals surface area contributed by atoms with Crippen LogP contribution in [0.25, 0.3) is 17.1 Å². The van der Waals surface area contributed by atoms with Crippen LogP contribution < -0.4 is 27.0 Å². The number of phenolic OH excluding ortho intramolecular Hbond substituents is 1. The van der Waals surface area contributed by atoms with Crippen LogP contribution in [0.2, 0.25) is 0 Å². The number of benzene rings is 4. The van der Waals surface area contributed by atoms with E-state index in [-0.39, 0.29) is 37.3 Å². The number of aliphatic carboxylic acids is 1. The SMILES string of the molecule is CCCCCCCC(=O)NCCCCC(NC(=O)C(N)Cc1cn(-c2ccccc2)c(-c2ccccc2)n1)C(=O)NC(Cc1ccc(C)cc1)C(=O)N[C@@H](Cc1ccc(O)cc1)C(=O)O. The van der Waals surface area contributed by atoms with Crippen molar-refractivity contribution in [3.63, 3.8) is 0 Å². The predicted octanol–water partition coefficient (Wildman–Crippen LogP) is 6.09. The summed E-state index contributed by atoms with van der Waals surface area (Å²) in [6.45, 7) is 4.45. The van der Waals surface area contributed by atoms with Crippen LogP contribution in [0.15, 0.2) is 115 Å². The Morgan fingerprint density at radius 3 is 1.91 bits per heavy atom. The van der Waals surface area contributed by atoms with Crippen LogP contribution in [0.5, 0.6) is 5.75 Å². The number of carboxylic acid groups (broad SMARTS) is 1. The number of hydrogen-bond donors (Lipinski definition) is 7. The lowest BCUT2D eigenvalue weighted by Crippen LogP contribution is -2.58. The molecule has 0 aliphatic heterocycles. The molecule has 0 saturated heterocycles. The van der Waals surface area contributed by atoms with E-state index in [1.807, 2.05) is 103 Å². The van der Waals surface area contributed by atoms with Gasteiger partial charge in [0.1, 0.15) is 29.7 Å². The van der Waals surface area contributed by atoms with Crippen molar-refractivity contribution in [1.82, 2.24) is 30.8 Å². The van der Waals surface area contributed by atoms with Gasteiger partial charge in [-0.2, -0.15) is 0 Å². The number of imidazole rings is 1. The van der Waals surface area contributed by atoms with Crippen molar-refractivity contribution in [3.8, 4) is 22.8 Å². The Hall–Kier alpha value is -6.80. The fourth-order valence-corrected chi connectivity index (χ4v) is 7.43. The summed E-state index contributed by atoms with van der Waals surface area (Å²) in [5.74, 6) is -2.61. The van der Waals surface area contributed by atoms with Crippen LogP contribution in [0.1, 0.15) is 87.1 Å². The largest absolute Gasteiger partial charge is 0.508 e. The fourth-order valence-electron chi connectivity index (χ4n) is 7.43. The zero-order chi connectivity index (χ0) is 46.6. The number of carboxylic acids is 1. The summed E-state index contributed by atoms with van der Waals surface area (Å²) >= 11 is 0. The molecule has 14 nitrogen and oxygen atoms in total. The predicted molar refractivity (Wildman–Crippen MR) is 251 cm³/mol. The zero-order valence-corrected chi connectivity index (χ0v) is 37.4. The lowest BCUT2D eigenvalue weighted by atomic mass is 10.0. The minimum absolute atomic E-state index is 0.0158. The maximum absolute atomic E-state index is 14.3. The first-order valence-electron chi connectivity index (χ1n) is 22.6. The van der Waals surface area contributed by atoms with Crippen LogP contribution in [-0.2, 0) is 43.2 Å². The number of aryl methyl sites for hydroxylation is 1. The molecule has 14 heteroatoms. The number of nitrogens with two attached hydrogens (primary N) is 1. The van der Waals surface area contributed by atoms with Gasteiger partial charge in [-0.15, -0.1) is 0 Å². The number of rotatable bonds is 26. The van der Waals surface area contributed by atoms with Gasteiger partial charge in [-0.25, -0.2) is 9.78 Å². The van der Waals surface area contributed by atoms with Gasteiger partial charge in [-0.05, 0) is 68.0 Å². The smallest absolute Gasteiger partial charge is 0.326 e. The molecule has 0 spiro atoms. The van der Waals surface area contributed by atoms with Crippen LogP contribution in [-0.4, -0.2) is 80.1 Å². The first-order valence-corrected chi connectivity index (χ1v) is 22.6. The van der Waals surface area contributed by atoms with Gasteiger partial charge in [0.05, 0.1) is 11.7 Å². The van der Waals surface area contributed by atoms with Gasteiger partial charge < -0.3 is 37.2 Å². The van der Waals surface area contributed by atoms with Crippen molar-refractivity contribution in [2.75, 3.05) is 6.54 Å². The zero-order valence-electron chi connectivity index (χ0n) is 37.4. The summed E-state index contributed by atoms with van der Waals surface area (Å²) < 4.78 is 1.94. The second-order valence-corrected chi connectivity index (χ2v) is 16.5. The highest BCUT2D eigenvalue weighted by atomic mass is 16.4. The van der Waals surface area contributed by atoms with Gasteiger partial charge in [-0.3, -0.25) is 23.7 Å². The van der Waals surface area contributed by atoms with E-state index in [0.29, 0.717) is 42.9 Å². The average molecular weight is 886 g/mol. The summed E-state index contributed by atoms with van der Waals surface area (Å²) in [7, 11) is 0. The van der Waals surface area contributed by atoms with Crippen molar-refractivity contribution in [2.45, 2.75) is 115 Å². The molecule has 0 bridgehead atoms. The number of para-hydroxylation sites is 1. The standard InChI is InChI=1S/C51H63N7O7/c1-3-4-5-6-13-21-46(60)53-30-15-14-20-43(55-48(61)42(52)33-39-34-58(40-18-11-8-12-19-40)47(54-39)38-16-9-7-10-17-38)49(62)56-44(31-36-24-22-35(2)23-25-36)50(63)57-45(51(64)65)32-37-26-28-41(59)29-27-37/h7-12,16-19,22-29,34,42-45,59H,3-6,13-15,20-21,30-33,52H2,1-2H3,(H,53,60)(H,55,61)(H,56,62)(H,57,63)(H,64,65)/t42?,43?,44?,45-/m0/s1. The third kappa shape index (κ3) is 16.1. The van der Waals surface area contributed by atoms with Crippen LogP contribution in [0.4, 0.5) is 0 Å². The second kappa shape index (κ2) is 25.5. The number of aromatic nitrogens is 2. The topological polar surface area (TPSA) is 218 Å². The van der Waals surface area contributed by atoms with Gasteiger partial charge in [0.2, 0.25) is 23.6 Å². The molecule has 0 fully saturated rings. The van der Waals surface area contributed by atoms with Gasteiger partial charge >= 0.3 is 5.97 Å². The summed E-state index contributed by atoms with van der Waals surface area (Å²) in [5.41, 5.74) is 11.1. The van der Waals surface area contributed by atoms with E-state index >= 15 is 0 Å². The van der Waals surface area contributed by atoms with E-state index in [1.165, 1.54) is 12.1 Å². The van der Waals surface area contributed by atoms with Gasteiger partial charge in [0.25, 0.3) is 0 Å². The average Bonchev–Trinajstić information content (AvgIpc) is 3.73. The summed E-state index contributed by atoms with van der Waals surface area (Å²) in [5, 5.41) is 31.0. The highest BCUT2D eigenvalue weighted by Crippen LogP contribution is 2.24. The van der Waals surface area contributed by atoms with Crippen LogP contribution in [0, 0.1) is 6.92 Å². The van der Waals surface area contributed by atoms with Crippen LogP contribution >= 0.6 is 0 Å². The van der Waals surface area contributed by atoms with Crippen LogP contribution in [0.3, 0.4) is 0 Å². The van der Waals surface area contributed by atoms with Crippen molar-refractivity contribution >= 4 is 29.6 Å². The molecule has 5 aromatic rings. The number of carbonyl (C=O) groups excluding carboxylic acids is 4. The first kappa shape index (κ1) is 49.2. The number of aromatic hydroxyl groups is 1. The molecule has 3 unspecified atom stereocenters. The molecule has 65 heavy (non-hydrogen) atoms. The molecule has 1 heterocycles. The monoisotopic (exact) mass is 885 g/mol. The number of nitrogens with zero attached hydrogens (tertiary/aromatic N) is 2. The highest BCUT2D eigenvalue weighted by Gasteiger charge is 2.31. The van der Waals surface area contributed by atoms with E-state index in [1.54, 1.807) is 12.1 Å². The van der Waals surface area contributed by atoms with Crippen molar-refractivity contribution < 1.29 is 34.2 Å². The first-order chi connectivity index (χ1) is 31.4. The van der Waals surface area contributed by atoms with E-state index < -0.39 is 47.9 Å². The molecule has 0 aliphatic carbocycles. The Labute approximate surface area is 381 Å². The molecular formula is C51H63N7O7. The molecular weight excluding hydrogens is 823 g/mol. The molecule has 4 amide bonds. The lowest BCUT2D eigenvalue weighted by Gasteiger charge is -2.25. The molecule has 1 aromatic heterocycles. The molecule has 0 aliphatic rings. The molecule has 8 N–H and O–H groups in total. The maximum atomic E-state index is 14.3. The van der Waals surface area contributed by atoms with E-state index in [2.05, 4.69) is 28.2 Å². The molecule has 0 radical (unpaired) electrons. The quantitative estimate of drug-likeness (QED) is 0.0319. The Bertz CT molecular complexity index is 2230. The third-order valence-corrected chi connectivity index (χ3v) is 11.2. The minimum Gasteiger partial charge on any atom is -0.508 e. The normalized spacial score (nSPS) is 12.9. The van der Waals surface area contributed by atoms with Gasteiger partial charge in [0.15, 0.2) is 0 Å². The third-order valence-electron chi connectivity index (χ3n) is 11.2. The highest BCUT2D eigenvalue weighted by molar-refractivity contribution is 5.94. The number of phenols is 1. The van der Waals surface area contributed by atoms with Gasteiger partial charge in [0, 0.05) is 49.7 Å². The van der Waals surface area contributed by atoms with Crippen molar-refractivity contribution in [1.29, 1.82) is 0 Å². The van der Waals surface area contributed by atoms with E-state index in [9.17, 15) is 34.2 Å². The number of hydrogen-bond acceptors (Lipinski definition) is 8. The Balaban J connectivity index is 1.32. The minimum atomic E-state index is -1.35. The van der Waals surface area contributed by atoms with E-state index in [4.69, 9.17) is 10.7 Å². The second-order valence-electron chi connectivity index (χ2n) is 16.5. The maximum Gasteiger partial charge on any atom is 0.326 e. The van der Waals surface area contributed by atoms with Crippen molar-refractivity contribution in [3.05, 3.63) is 138 Å². The molecule has 5 rings (SSSR count). The van der Waals surface area contributed by atoms with E-state index in [0.717, 1.165) is 54.5 Å². The number of carbonyl (C=O) groups is 5. The molecule has 4 aromatic carbocycles. The molecule has 4 atom stereocenters. The summed E-state index contributed by atoms with van der Waals surface area (Å²) in [4.78, 5) is 72.0. The molecule has 344 valence electrons. The fraction of sp³-hybridized carbons (Fsp3) is 0.373. The Morgan fingerprint density at radius 1 is 0.662 bits per heavy atom. The Morgan fingerprint density at radius 2 is 1.25 bits per heavy atom.